The van der Waals surface area contributed by atoms with E-state index in [1.54, 1.807) is 12.1 Å². The van der Waals surface area contributed by atoms with Crippen LogP contribution in [-0.2, 0) is 6.42 Å². The van der Waals surface area contributed by atoms with Crippen molar-refractivity contribution in [1.82, 2.24) is 25.4 Å². The zero-order valence-electron chi connectivity index (χ0n) is 18.4. The Morgan fingerprint density at radius 1 is 1.09 bits per heavy atom. The first-order valence-electron chi connectivity index (χ1n) is 11.9. The first kappa shape index (κ1) is 20.9. The number of aryl methyl sites for hydroxylation is 1. The number of carbonyl (C=O) groups is 1. The average Bonchev–Trinajstić information content (AvgIpc) is 3.26. The molecule has 1 aliphatic carbocycles. The lowest BCUT2D eigenvalue weighted by Crippen LogP contribution is -2.46. The van der Waals surface area contributed by atoms with E-state index in [0.29, 0.717) is 30.0 Å². The number of nitrogens with one attached hydrogen (secondary N) is 2. The number of benzene rings is 1. The lowest BCUT2D eigenvalue weighted by Gasteiger charge is -2.28. The summed E-state index contributed by atoms with van der Waals surface area (Å²) in [6.07, 6.45) is 8.65. The number of carbonyl (C=O) groups excluding carboxylic acids is 1. The highest BCUT2D eigenvalue weighted by Crippen LogP contribution is 2.31. The number of aromatic hydroxyl groups is 1. The monoisotopic (exact) mass is 433 g/mol. The molecule has 0 unspecified atom stereocenters. The van der Waals surface area contributed by atoms with Gasteiger partial charge < -0.3 is 15.3 Å². The van der Waals surface area contributed by atoms with Gasteiger partial charge in [0.05, 0.1) is 16.6 Å². The van der Waals surface area contributed by atoms with E-state index < -0.39 is 0 Å². The molecule has 0 radical (unpaired) electrons. The Kier molecular flexibility index (Phi) is 6.08. The summed E-state index contributed by atoms with van der Waals surface area (Å²) in [7, 11) is 0. The SMILES string of the molecule is O=C(c1cc(-c2ccc(O)cc2)nc2n[nH]c(CCC3CCCCC3)c12)N1CCNCC1. The fourth-order valence-corrected chi connectivity index (χ4v) is 5.08. The summed E-state index contributed by atoms with van der Waals surface area (Å²) in [4.78, 5) is 20.3. The fourth-order valence-electron chi connectivity index (χ4n) is 5.08. The van der Waals surface area contributed by atoms with Crippen LogP contribution in [0.1, 0.15) is 54.6 Å². The van der Waals surface area contributed by atoms with Gasteiger partial charge in [-0.3, -0.25) is 9.89 Å². The van der Waals surface area contributed by atoms with E-state index in [2.05, 4.69) is 15.5 Å². The van der Waals surface area contributed by atoms with Gasteiger partial charge >= 0.3 is 0 Å². The topological polar surface area (TPSA) is 94.1 Å². The van der Waals surface area contributed by atoms with Crippen molar-refractivity contribution < 1.29 is 9.90 Å². The predicted molar refractivity (Wildman–Crippen MR) is 125 cm³/mol. The second-order valence-electron chi connectivity index (χ2n) is 9.09. The van der Waals surface area contributed by atoms with Gasteiger partial charge in [-0.15, -0.1) is 0 Å². The number of amides is 1. The van der Waals surface area contributed by atoms with E-state index in [4.69, 9.17) is 4.98 Å². The van der Waals surface area contributed by atoms with Crippen molar-refractivity contribution in [1.29, 1.82) is 0 Å². The first-order chi connectivity index (χ1) is 15.7. The van der Waals surface area contributed by atoms with E-state index in [1.165, 1.54) is 32.1 Å². The molecule has 3 aromatic rings. The fraction of sp³-hybridized carbons (Fsp3) is 0.480. The maximum Gasteiger partial charge on any atom is 0.254 e. The third-order valence-corrected chi connectivity index (χ3v) is 6.92. The second-order valence-corrected chi connectivity index (χ2v) is 9.09. The quantitative estimate of drug-likeness (QED) is 0.568. The van der Waals surface area contributed by atoms with Crippen LogP contribution in [0.5, 0.6) is 5.75 Å². The molecule has 0 atom stereocenters. The van der Waals surface area contributed by atoms with Gasteiger partial charge in [-0.05, 0) is 49.1 Å². The maximum atomic E-state index is 13.6. The maximum absolute atomic E-state index is 13.6. The summed E-state index contributed by atoms with van der Waals surface area (Å²) in [5.74, 6) is 1.01. The van der Waals surface area contributed by atoms with Crippen LogP contribution >= 0.6 is 0 Å². The Balaban J connectivity index is 1.52. The zero-order valence-corrected chi connectivity index (χ0v) is 18.4. The van der Waals surface area contributed by atoms with E-state index in [0.717, 1.165) is 48.5 Å². The van der Waals surface area contributed by atoms with Gasteiger partial charge in [0.15, 0.2) is 5.65 Å². The smallest absolute Gasteiger partial charge is 0.254 e. The van der Waals surface area contributed by atoms with Crippen LogP contribution in [0.2, 0.25) is 0 Å². The molecule has 1 aromatic carbocycles. The van der Waals surface area contributed by atoms with Gasteiger partial charge in [-0.1, -0.05) is 32.1 Å². The molecule has 32 heavy (non-hydrogen) atoms. The predicted octanol–water partition coefficient (Wildman–Crippen LogP) is 3.89. The second kappa shape index (κ2) is 9.28. The minimum absolute atomic E-state index is 0.0410. The molecule has 7 heteroatoms. The normalized spacial score (nSPS) is 17.7. The van der Waals surface area contributed by atoms with Crippen molar-refractivity contribution in [3.63, 3.8) is 0 Å². The first-order valence-corrected chi connectivity index (χ1v) is 11.9. The van der Waals surface area contributed by atoms with Gasteiger partial charge in [0.1, 0.15) is 5.75 Å². The molecule has 5 rings (SSSR count). The highest BCUT2D eigenvalue weighted by atomic mass is 16.3. The zero-order chi connectivity index (χ0) is 21.9. The third kappa shape index (κ3) is 4.35. The summed E-state index contributed by atoms with van der Waals surface area (Å²) < 4.78 is 0. The van der Waals surface area contributed by atoms with Crippen molar-refractivity contribution in [2.24, 2.45) is 5.92 Å². The molecule has 1 aliphatic heterocycles. The number of fused-ring (bicyclic) bond motifs is 1. The minimum Gasteiger partial charge on any atom is -0.508 e. The highest BCUT2D eigenvalue weighted by molar-refractivity contribution is 6.07. The molecule has 7 nitrogen and oxygen atoms in total. The van der Waals surface area contributed by atoms with Crippen LogP contribution in [0.3, 0.4) is 0 Å². The van der Waals surface area contributed by atoms with Crippen molar-refractivity contribution in [3.05, 3.63) is 41.6 Å². The number of aromatic nitrogens is 3. The van der Waals surface area contributed by atoms with Crippen LogP contribution in [0.4, 0.5) is 0 Å². The van der Waals surface area contributed by atoms with E-state index in [-0.39, 0.29) is 11.7 Å². The van der Waals surface area contributed by atoms with Crippen molar-refractivity contribution in [2.75, 3.05) is 26.2 Å². The van der Waals surface area contributed by atoms with Gasteiger partial charge in [-0.2, -0.15) is 5.10 Å². The van der Waals surface area contributed by atoms with Crippen molar-refractivity contribution >= 4 is 16.9 Å². The number of hydrogen-bond acceptors (Lipinski definition) is 5. The Hall–Kier alpha value is -2.93. The molecule has 0 spiro atoms. The van der Waals surface area contributed by atoms with Crippen molar-refractivity contribution in [3.8, 4) is 17.0 Å². The molecule has 3 N–H and O–H groups in total. The standard InChI is InChI=1S/C25H31N5O2/c31-19-9-7-18(8-10-19)22-16-20(25(32)30-14-12-26-13-15-30)23-21(28-29-24(23)27-22)11-6-17-4-2-1-3-5-17/h7-10,16-17,26,31H,1-6,11-15H2,(H,27,28,29). The minimum atomic E-state index is 0.0410. The van der Waals surface area contributed by atoms with E-state index >= 15 is 0 Å². The number of piperazine rings is 1. The summed E-state index contributed by atoms with van der Waals surface area (Å²) >= 11 is 0. The molecule has 1 saturated heterocycles. The molecule has 2 aromatic heterocycles. The molecule has 3 heterocycles. The molecular weight excluding hydrogens is 402 g/mol. The summed E-state index contributed by atoms with van der Waals surface area (Å²) in [5, 5.41) is 21.5. The summed E-state index contributed by atoms with van der Waals surface area (Å²) in [6.45, 7) is 3.02. The Morgan fingerprint density at radius 2 is 1.84 bits per heavy atom. The Morgan fingerprint density at radius 3 is 2.59 bits per heavy atom. The number of hydrogen-bond donors (Lipinski definition) is 3. The third-order valence-electron chi connectivity index (χ3n) is 6.92. The van der Waals surface area contributed by atoms with E-state index in [1.807, 2.05) is 23.1 Å². The largest absolute Gasteiger partial charge is 0.508 e. The van der Waals surface area contributed by atoms with Gasteiger partial charge in [0.25, 0.3) is 5.91 Å². The molecule has 168 valence electrons. The lowest BCUT2D eigenvalue weighted by molar-refractivity contribution is 0.0737. The van der Waals surface area contributed by atoms with Gasteiger partial charge in [0, 0.05) is 37.4 Å². The molecular formula is C25H31N5O2. The molecule has 1 amide bonds. The van der Waals surface area contributed by atoms with Crippen LogP contribution in [0.25, 0.3) is 22.3 Å². The summed E-state index contributed by atoms with van der Waals surface area (Å²) in [5.41, 5.74) is 3.83. The van der Waals surface area contributed by atoms with Crippen LogP contribution < -0.4 is 5.32 Å². The lowest BCUT2D eigenvalue weighted by atomic mass is 9.85. The summed E-state index contributed by atoms with van der Waals surface area (Å²) in [6, 6.07) is 8.81. The molecule has 0 bridgehead atoms. The Bertz CT molecular complexity index is 1080. The van der Waals surface area contributed by atoms with Crippen molar-refractivity contribution in [2.45, 2.75) is 44.9 Å². The number of H-pyrrole nitrogens is 1. The van der Waals surface area contributed by atoms with Gasteiger partial charge in [0.2, 0.25) is 0 Å². The number of nitrogens with zero attached hydrogens (tertiary/aromatic N) is 3. The number of aromatic amines is 1. The number of phenols is 1. The van der Waals surface area contributed by atoms with E-state index in [9.17, 15) is 9.90 Å². The molecule has 1 saturated carbocycles. The van der Waals surface area contributed by atoms with Crippen LogP contribution in [0, 0.1) is 5.92 Å². The molecule has 2 fully saturated rings. The average molecular weight is 434 g/mol. The number of pyridine rings is 1. The highest BCUT2D eigenvalue weighted by Gasteiger charge is 2.25. The van der Waals surface area contributed by atoms with Gasteiger partial charge in [-0.25, -0.2) is 4.98 Å². The Labute approximate surface area is 188 Å². The van der Waals surface area contributed by atoms with Crippen LogP contribution in [-0.4, -0.2) is 57.3 Å². The number of rotatable bonds is 5. The van der Waals surface area contributed by atoms with Crippen LogP contribution in [0.15, 0.2) is 30.3 Å². The molecule has 2 aliphatic rings. The number of phenolic OH excluding ortho intramolecular Hbond substituents is 1.